The van der Waals surface area contributed by atoms with Gasteiger partial charge in [-0.25, -0.2) is 0 Å². The standard InChI is InChI=1S/C15H20N4O3.2ClH/c1-19(2)15-18-11-7-9(3-5-12(11)22-15)17-14(20)13-6-4-10(8-16)21-13;;/h3,5,7,10,13H,4,6,8,16H2,1-2H3,(H,17,20);2*1H/t10-,13+;;/m1../s1. The lowest BCUT2D eigenvalue weighted by Crippen LogP contribution is -2.29. The number of rotatable bonds is 4. The first-order valence-corrected chi connectivity index (χ1v) is 7.31. The second-order valence-electron chi connectivity index (χ2n) is 5.62. The molecule has 7 nitrogen and oxygen atoms in total. The molecule has 0 unspecified atom stereocenters. The highest BCUT2D eigenvalue weighted by Gasteiger charge is 2.29. The average Bonchev–Trinajstić information content (AvgIpc) is 3.13. The number of aromatic nitrogens is 1. The largest absolute Gasteiger partial charge is 0.423 e. The van der Waals surface area contributed by atoms with Crippen LogP contribution in [-0.4, -0.2) is 43.7 Å². The third-order valence-electron chi connectivity index (χ3n) is 3.69. The molecule has 1 aliphatic heterocycles. The molecule has 9 heteroatoms. The Morgan fingerprint density at radius 3 is 2.75 bits per heavy atom. The Morgan fingerprint density at radius 1 is 1.38 bits per heavy atom. The molecule has 0 saturated carbocycles. The van der Waals surface area contributed by atoms with Crippen LogP contribution in [0.25, 0.3) is 11.1 Å². The van der Waals surface area contributed by atoms with E-state index < -0.39 is 6.10 Å². The Hall–Kier alpha value is -1.54. The summed E-state index contributed by atoms with van der Waals surface area (Å²) < 4.78 is 11.2. The number of oxazole rings is 1. The molecular weight excluding hydrogens is 355 g/mol. The maximum atomic E-state index is 12.2. The molecule has 1 aromatic carbocycles. The van der Waals surface area contributed by atoms with Gasteiger partial charge in [-0.1, -0.05) is 0 Å². The molecule has 0 spiro atoms. The highest BCUT2D eigenvalue weighted by Crippen LogP contribution is 2.25. The minimum absolute atomic E-state index is 0. The van der Waals surface area contributed by atoms with Crippen LogP contribution < -0.4 is 16.0 Å². The molecule has 1 amide bonds. The molecule has 3 N–H and O–H groups in total. The zero-order chi connectivity index (χ0) is 15.7. The second-order valence-corrected chi connectivity index (χ2v) is 5.62. The van der Waals surface area contributed by atoms with Crippen LogP contribution in [0, 0.1) is 0 Å². The quantitative estimate of drug-likeness (QED) is 0.849. The number of carbonyl (C=O) groups is 1. The van der Waals surface area contributed by atoms with Crippen LogP contribution in [0.3, 0.4) is 0 Å². The van der Waals surface area contributed by atoms with Crippen LogP contribution >= 0.6 is 24.8 Å². The van der Waals surface area contributed by atoms with E-state index in [1.807, 2.05) is 14.1 Å². The molecule has 24 heavy (non-hydrogen) atoms. The normalized spacial score (nSPS) is 19.5. The van der Waals surface area contributed by atoms with Crippen LogP contribution in [0.1, 0.15) is 12.8 Å². The number of fused-ring (bicyclic) bond motifs is 1. The van der Waals surface area contributed by atoms with Crippen LogP contribution in [-0.2, 0) is 9.53 Å². The summed E-state index contributed by atoms with van der Waals surface area (Å²) in [6.07, 6.45) is 1.07. The molecule has 2 heterocycles. The first kappa shape index (κ1) is 20.5. The number of nitrogens with one attached hydrogen (secondary N) is 1. The van der Waals surface area contributed by atoms with Crippen molar-refractivity contribution in [1.29, 1.82) is 0 Å². The number of hydrogen-bond donors (Lipinski definition) is 2. The summed E-state index contributed by atoms with van der Waals surface area (Å²) in [4.78, 5) is 18.3. The van der Waals surface area contributed by atoms with Gasteiger partial charge in [0, 0.05) is 26.3 Å². The smallest absolute Gasteiger partial charge is 0.297 e. The average molecular weight is 377 g/mol. The molecule has 134 valence electrons. The first-order valence-electron chi connectivity index (χ1n) is 7.31. The fourth-order valence-corrected chi connectivity index (χ4v) is 2.48. The van der Waals surface area contributed by atoms with Crippen molar-refractivity contribution in [2.24, 2.45) is 5.73 Å². The number of nitrogens with zero attached hydrogens (tertiary/aromatic N) is 2. The van der Waals surface area contributed by atoms with Gasteiger partial charge in [0.25, 0.3) is 11.9 Å². The van der Waals surface area contributed by atoms with Crippen LogP contribution in [0.5, 0.6) is 0 Å². The van der Waals surface area contributed by atoms with E-state index in [1.165, 1.54) is 0 Å². The lowest BCUT2D eigenvalue weighted by Gasteiger charge is -2.12. The summed E-state index contributed by atoms with van der Waals surface area (Å²) in [5, 5.41) is 2.86. The van der Waals surface area contributed by atoms with Crippen molar-refractivity contribution < 1.29 is 13.9 Å². The lowest BCUT2D eigenvalue weighted by atomic mass is 10.2. The third-order valence-corrected chi connectivity index (χ3v) is 3.69. The van der Waals surface area contributed by atoms with Gasteiger partial charge in [0.15, 0.2) is 5.58 Å². The van der Waals surface area contributed by atoms with E-state index in [2.05, 4.69) is 10.3 Å². The summed E-state index contributed by atoms with van der Waals surface area (Å²) in [6.45, 7) is 0.446. The lowest BCUT2D eigenvalue weighted by molar-refractivity contribution is -0.126. The molecular formula is C15H22Cl2N4O3. The van der Waals surface area contributed by atoms with E-state index in [0.717, 1.165) is 6.42 Å². The van der Waals surface area contributed by atoms with Gasteiger partial charge in [0.1, 0.15) is 11.6 Å². The number of anilines is 2. The van der Waals surface area contributed by atoms with Gasteiger partial charge in [-0.3, -0.25) is 4.79 Å². The summed E-state index contributed by atoms with van der Waals surface area (Å²) in [7, 11) is 3.72. The number of nitrogens with two attached hydrogens (primary N) is 1. The molecule has 1 aliphatic rings. The molecule has 2 aromatic rings. The van der Waals surface area contributed by atoms with E-state index in [-0.39, 0.29) is 36.8 Å². The Kier molecular flexibility index (Phi) is 7.28. The summed E-state index contributed by atoms with van der Waals surface area (Å²) in [6, 6.07) is 5.91. The number of amides is 1. The Balaban J connectivity index is 0.00000144. The highest BCUT2D eigenvalue weighted by atomic mass is 35.5. The monoisotopic (exact) mass is 376 g/mol. The highest BCUT2D eigenvalue weighted by molar-refractivity contribution is 5.96. The molecule has 2 atom stereocenters. The van der Waals surface area contributed by atoms with Crippen molar-refractivity contribution in [2.45, 2.75) is 25.0 Å². The van der Waals surface area contributed by atoms with E-state index in [9.17, 15) is 4.79 Å². The molecule has 0 bridgehead atoms. The number of benzene rings is 1. The minimum atomic E-state index is -0.432. The molecule has 0 radical (unpaired) electrons. The third kappa shape index (κ3) is 4.30. The van der Waals surface area contributed by atoms with Crippen molar-refractivity contribution in [3.05, 3.63) is 18.2 Å². The fourth-order valence-electron chi connectivity index (χ4n) is 2.48. The van der Waals surface area contributed by atoms with E-state index in [0.29, 0.717) is 35.8 Å². The van der Waals surface area contributed by atoms with Crippen LogP contribution in [0.15, 0.2) is 22.6 Å². The molecule has 1 aromatic heterocycles. The zero-order valence-electron chi connectivity index (χ0n) is 13.5. The second kappa shape index (κ2) is 8.53. The minimum Gasteiger partial charge on any atom is -0.423 e. The predicted octanol–water partition coefficient (Wildman–Crippen LogP) is 2.18. The van der Waals surface area contributed by atoms with E-state index in [1.54, 1.807) is 23.1 Å². The number of ether oxygens (including phenoxy) is 1. The number of halogens is 2. The van der Waals surface area contributed by atoms with Crippen molar-refractivity contribution in [1.82, 2.24) is 4.98 Å². The predicted molar refractivity (Wildman–Crippen MR) is 98.4 cm³/mol. The summed E-state index contributed by atoms with van der Waals surface area (Å²) in [5.41, 5.74) is 7.62. The summed E-state index contributed by atoms with van der Waals surface area (Å²) >= 11 is 0. The summed E-state index contributed by atoms with van der Waals surface area (Å²) in [5.74, 6) is -0.147. The molecule has 1 fully saturated rings. The van der Waals surface area contributed by atoms with Crippen molar-refractivity contribution >= 4 is 53.5 Å². The van der Waals surface area contributed by atoms with Gasteiger partial charge in [-0.05, 0) is 31.0 Å². The van der Waals surface area contributed by atoms with Crippen molar-refractivity contribution in [3.8, 4) is 0 Å². The van der Waals surface area contributed by atoms with Gasteiger partial charge in [0.05, 0.1) is 6.10 Å². The van der Waals surface area contributed by atoms with E-state index in [4.69, 9.17) is 14.9 Å². The van der Waals surface area contributed by atoms with Gasteiger partial charge < -0.3 is 25.1 Å². The number of carbonyl (C=O) groups excluding carboxylic acids is 1. The number of hydrogen-bond acceptors (Lipinski definition) is 6. The van der Waals surface area contributed by atoms with Gasteiger partial charge in [0.2, 0.25) is 0 Å². The van der Waals surface area contributed by atoms with Gasteiger partial charge in [-0.2, -0.15) is 4.98 Å². The molecule has 3 rings (SSSR count). The Morgan fingerprint density at radius 2 is 2.12 bits per heavy atom. The first-order chi connectivity index (χ1) is 10.6. The van der Waals surface area contributed by atoms with E-state index >= 15 is 0 Å². The molecule has 0 aliphatic carbocycles. The maximum absolute atomic E-state index is 12.2. The van der Waals surface area contributed by atoms with Crippen molar-refractivity contribution in [2.75, 3.05) is 30.9 Å². The Bertz CT molecular complexity index is 692. The van der Waals surface area contributed by atoms with Gasteiger partial charge in [-0.15, -0.1) is 24.8 Å². The SMILES string of the molecule is CN(C)c1nc2cc(NC(=O)[C@@H]3CC[C@H](CN)O3)ccc2o1.Cl.Cl. The maximum Gasteiger partial charge on any atom is 0.297 e. The van der Waals surface area contributed by atoms with Gasteiger partial charge >= 0.3 is 0 Å². The zero-order valence-corrected chi connectivity index (χ0v) is 15.2. The topological polar surface area (TPSA) is 93.6 Å². The van der Waals surface area contributed by atoms with Crippen molar-refractivity contribution in [3.63, 3.8) is 0 Å². The van der Waals surface area contributed by atoms with Crippen LogP contribution in [0.4, 0.5) is 11.7 Å². The van der Waals surface area contributed by atoms with Crippen LogP contribution in [0.2, 0.25) is 0 Å². The fraction of sp³-hybridized carbons (Fsp3) is 0.467. The molecule has 1 saturated heterocycles. The Labute approximate surface area is 152 Å².